The van der Waals surface area contributed by atoms with Gasteiger partial charge in [0.15, 0.2) is 0 Å². The van der Waals surface area contributed by atoms with E-state index in [0.29, 0.717) is 0 Å². The number of hydrogen-bond donors (Lipinski definition) is 1. The first-order chi connectivity index (χ1) is 7.60. The quantitative estimate of drug-likeness (QED) is 0.926. The molecule has 1 fully saturated rings. The molecule has 0 spiro atoms. The third-order valence-electron chi connectivity index (χ3n) is 3.38. The molecule has 2 rings (SSSR count). The summed E-state index contributed by atoms with van der Waals surface area (Å²) in [7, 11) is 0. The summed E-state index contributed by atoms with van der Waals surface area (Å²) in [5.74, 6) is 0. The van der Waals surface area contributed by atoms with Crippen LogP contribution in [0.3, 0.4) is 0 Å². The van der Waals surface area contributed by atoms with E-state index in [4.69, 9.17) is 10.5 Å². The predicted molar refractivity (Wildman–Crippen MR) is 69.4 cm³/mol. The van der Waals surface area contributed by atoms with Crippen molar-refractivity contribution in [3.63, 3.8) is 0 Å². The van der Waals surface area contributed by atoms with Gasteiger partial charge in [0.2, 0.25) is 0 Å². The van der Waals surface area contributed by atoms with E-state index in [9.17, 15) is 0 Å². The number of hydrogen-bond acceptors (Lipinski definition) is 2. The molecule has 1 aromatic rings. The SMILES string of the molecule is CC1(C(N)Cc2cccc(Br)c2)CCCO1. The number of benzene rings is 1. The van der Waals surface area contributed by atoms with E-state index < -0.39 is 0 Å². The molecule has 0 amide bonds. The summed E-state index contributed by atoms with van der Waals surface area (Å²) in [6.45, 7) is 2.98. The van der Waals surface area contributed by atoms with Crippen LogP contribution in [0.1, 0.15) is 25.3 Å². The monoisotopic (exact) mass is 283 g/mol. The van der Waals surface area contributed by atoms with Crippen molar-refractivity contribution in [1.82, 2.24) is 0 Å². The lowest BCUT2D eigenvalue weighted by molar-refractivity contribution is -0.000906. The van der Waals surface area contributed by atoms with Gasteiger partial charge in [-0.25, -0.2) is 0 Å². The van der Waals surface area contributed by atoms with Crippen molar-refractivity contribution < 1.29 is 4.74 Å². The summed E-state index contributed by atoms with van der Waals surface area (Å²) < 4.78 is 6.87. The zero-order chi connectivity index (χ0) is 11.6. The highest BCUT2D eigenvalue weighted by Crippen LogP contribution is 2.29. The molecule has 0 bridgehead atoms. The maximum Gasteiger partial charge on any atom is 0.0808 e. The highest BCUT2D eigenvalue weighted by molar-refractivity contribution is 9.10. The normalized spacial score (nSPS) is 26.9. The standard InChI is InChI=1S/C13H18BrNO/c1-13(6-3-7-16-13)12(15)9-10-4-2-5-11(14)8-10/h2,4-5,8,12H,3,6-7,9,15H2,1H3. The van der Waals surface area contributed by atoms with Crippen LogP contribution in [0.25, 0.3) is 0 Å². The van der Waals surface area contributed by atoms with E-state index in [1.807, 2.05) is 12.1 Å². The molecule has 1 aromatic carbocycles. The lowest BCUT2D eigenvalue weighted by atomic mass is 9.89. The van der Waals surface area contributed by atoms with Gasteiger partial charge in [-0.15, -0.1) is 0 Å². The lowest BCUT2D eigenvalue weighted by Gasteiger charge is -2.30. The third-order valence-corrected chi connectivity index (χ3v) is 3.87. The molecule has 2 nitrogen and oxygen atoms in total. The average molecular weight is 284 g/mol. The van der Waals surface area contributed by atoms with Gasteiger partial charge in [-0.3, -0.25) is 0 Å². The van der Waals surface area contributed by atoms with E-state index >= 15 is 0 Å². The fraction of sp³-hybridized carbons (Fsp3) is 0.538. The molecule has 2 N–H and O–H groups in total. The molecule has 0 aliphatic carbocycles. The van der Waals surface area contributed by atoms with Gasteiger partial charge in [0, 0.05) is 17.1 Å². The van der Waals surface area contributed by atoms with Gasteiger partial charge in [0.25, 0.3) is 0 Å². The molecule has 1 heterocycles. The first-order valence-corrected chi connectivity index (χ1v) is 6.53. The van der Waals surface area contributed by atoms with Crippen molar-refractivity contribution in [3.05, 3.63) is 34.3 Å². The molecule has 88 valence electrons. The molecular weight excluding hydrogens is 266 g/mol. The number of nitrogens with two attached hydrogens (primary N) is 1. The summed E-state index contributed by atoms with van der Waals surface area (Å²) in [5.41, 5.74) is 7.38. The van der Waals surface area contributed by atoms with Crippen molar-refractivity contribution in [3.8, 4) is 0 Å². The molecule has 1 aliphatic rings. The van der Waals surface area contributed by atoms with Gasteiger partial charge in [0.1, 0.15) is 0 Å². The van der Waals surface area contributed by atoms with Gasteiger partial charge in [-0.2, -0.15) is 0 Å². The van der Waals surface area contributed by atoms with Crippen molar-refractivity contribution >= 4 is 15.9 Å². The van der Waals surface area contributed by atoms with Crippen LogP contribution in [0.2, 0.25) is 0 Å². The third kappa shape index (κ3) is 2.65. The van der Waals surface area contributed by atoms with E-state index in [-0.39, 0.29) is 11.6 Å². The molecule has 1 aliphatic heterocycles. The maximum absolute atomic E-state index is 6.26. The molecule has 2 atom stereocenters. The Hall–Kier alpha value is -0.380. The molecule has 2 unspecified atom stereocenters. The smallest absolute Gasteiger partial charge is 0.0808 e. The van der Waals surface area contributed by atoms with Crippen LogP contribution in [0.15, 0.2) is 28.7 Å². The molecule has 3 heteroatoms. The molecule has 0 aromatic heterocycles. The van der Waals surface area contributed by atoms with Gasteiger partial charge in [-0.1, -0.05) is 28.1 Å². The van der Waals surface area contributed by atoms with Crippen LogP contribution in [0.4, 0.5) is 0 Å². The largest absolute Gasteiger partial charge is 0.374 e. The minimum absolute atomic E-state index is 0.0734. The molecular formula is C13H18BrNO. The number of ether oxygens (including phenoxy) is 1. The van der Waals surface area contributed by atoms with Gasteiger partial charge < -0.3 is 10.5 Å². The predicted octanol–water partition coefficient (Wildman–Crippen LogP) is 2.89. The second-order valence-electron chi connectivity index (χ2n) is 4.71. The number of rotatable bonds is 3. The van der Waals surface area contributed by atoms with Gasteiger partial charge in [-0.05, 0) is 43.9 Å². The molecule has 0 radical (unpaired) electrons. The highest BCUT2D eigenvalue weighted by Gasteiger charge is 2.35. The molecule has 1 saturated heterocycles. The minimum Gasteiger partial charge on any atom is -0.374 e. The minimum atomic E-state index is -0.137. The van der Waals surface area contributed by atoms with Crippen molar-refractivity contribution in [2.75, 3.05) is 6.61 Å². The first-order valence-electron chi connectivity index (χ1n) is 5.74. The van der Waals surface area contributed by atoms with E-state index in [0.717, 1.165) is 30.3 Å². The summed E-state index contributed by atoms with van der Waals surface area (Å²) in [6, 6.07) is 8.39. The lowest BCUT2D eigenvalue weighted by Crippen LogP contribution is -2.46. The molecule has 0 saturated carbocycles. The van der Waals surface area contributed by atoms with E-state index in [1.165, 1.54) is 5.56 Å². The summed E-state index contributed by atoms with van der Waals surface area (Å²) >= 11 is 3.48. The van der Waals surface area contributed by atoms with Crippen molar-refractivity contribution in [2.45, 2.75) is 37.8 Å². The van der Waals surface area contributed by atoms with Crippen LogP contribution in [-0.2, 0) is 11.2 Å². The van der Waals surface area contributed by atoms with Crippen LogP contribution < -0.4 is 5.73 Å². The van der Waals surface area contributed by atoms with Crippen LogP contribution in [0, 0.1) is 0 Å². The van der Waals surface area contributed by atoms with E-state index in [2.05, 4.69) is 35.0 Å². The Morgan fingerprint density at radius 2 is 2.38 bits per heavy atom. The fourth-order valence-electron chi connectivity index (χ4n) is 2.23. The Labute approximate surface area is 105 Å². The Morgan fingerprint density at radius 3 is 3.00 bits per heavy atom. The van der Waals surface area contributed by atoms with Crippen LogP contribution in [-0.4, -0.2) is 18.2 Å². The van der Waals surface area contributed by atoms with Gasteiger partial charge in [0.05, 0.1) is 5.60 Å². The Kier molecular flexibility index (Phi) is 3.67. The zero-order valence-electron chi connectivity index (χ0n) is 9.58. The van der Waals surface area contributed by atoms with Crippen molar-refractivity contribution in [1.29, 1.82) is 0 Å². The number of halogens is 1. The Morgan fingerprint density at radius 1 is 1.56 bits per heavy atom. The second kappa shape index (κ2) is 4.86. The van der Waals surface area contributed by atoms with Gasteiger partial charge >= 0.3 is 0 Å². The summed E-state index contributed by atoms with van der Waals surface area (Å²) in [4.78, 5) is 0. The Bertz CT molecular complexity index is 361. The fourth-order valence-corrected chi connectivity index (χ4v) is 2.67. The Balaban J connectivity index is 2.04. The van der Waals surface area contributed by atoms with Crippen LogP contribution >= 0.6 is 15.9 Å². The van der Waals surface area contributed by atoms with Crippen LogP contribution in [0.5, 0.6) is 0 Å². The average Bonchev–Trinajstić information content (AvgIpc) is 2.66. The zero-order valence-corrected chi connectivity index (χ0v) is 11.2. The first kappa shape index (κ1) is 12.1. The maximum atomic E-state index is 6.26. The van der Waals surface area contributed by atoms with E-state index in [1.54, 1.807) is 0 Å². The summed E-state index contributed by atoms with van der Waals surface area (Å²) in [6.07, 6.45) is 3.07. The topological polar surface area (TPSA) is 35.2 Å². The second-order valence-corrected chi connectivity index (χ2v) is 5.62. The summed E-state index contributed by atoms with van der Waals surface area (Å²) in [5, 5.41) is 0. The molecule has 16 heavy (non-hydrogen) atoms. The van der Waals surface area contributed by atoms with Crippen molar-refractivity contribution in [2.24, 2.45) is 5.73 Å². The highest BCUT2D eigenvalue weighted by atomic mass is 79.9.